The van der Waals surface area contributed by atoms with Crippen LogP contribution in [0.4, 0.5) is 5.69 Å². The lowest BCUT2D eigenvalue weighted by molar-refractivity contribution is 0.0474. The number of Topliss-reactive ketones (excluding diaryl/α,β-unsaturated/α-hetero) is 1. The number of amides is 1. The molecule has 0 aliphatic rings. The molecule has 0 unspecified atom stereocenters. The predicted molar refractivity (Wildman–Crippen MR) is 114 cm³/mol. The Bertz CT molecular complexity index is 999. The summed E-state index contributed by atoms with van der Waals surface area (Å²) in [5, 5.41) is 2.77. The summed E-state index contributed by atoms with van der Waals surface area (Å²) in [6.45, 7) is -0.348. The first-order valence-corrected chi connectivity index (χ1v) is 10.1. The van der Waals surface area contributed by atoms with Crippen LogP contribution in [0.25, 0.3) is 0 Å². The highest BCUT2D eigenvalue weighted by molar-refractivity contribution is 7.98. The lowest BCUT2D eigenvalue weighted by Crippen LogP contribution is -2.15. The molecular formula is C23H19NO4S. The van der Waals surface area contributed by atoms with E-state index in [1.807, 2.05) is 24.5 Å². The SMILES string of the molecule is CSc1ccc(C(=O)OCC(=O)c2ccc(NC(=O)c3ccccc3)cc2)cc1. The van der Waals surface area contributed by atoms with Gasteiger partial charge in [0.15, 0.2) is 12.4 Å². The topological polar surface area (TPSA) is 72.5 Å². The number of carbonyl (C=O) groups excluding carboxylic acids is 3. The lowest BCUT2D eigenvalue weighted by Gasteiger charge is -2.07. The number of carbonyl (C=O) groups is 3. The average molecular weight is 405 g/mol. The van der Waals surface area contributed by atoms with E-state index in [4.69, 9.17) is 4.74 Å². The normalized spacial score (nSPS) is 10.2. The number of hydrogen-bond acceptors (Lipinski definition) is 5. The average Bonchev–Trinajstić information content (AvgIpc) is 2.78. The monoisotopic (exact) mass is 405 g/mol. The van der Waals surface area contributed by atoms with Crippen molar-refractivity contribution in [3.8, 4) is 0 Å². The Morgan fingerprint density at radius 1 is 0.793 bits per heavy atom. The standard InChI is InChI=1S/C23H19NO4S/c1-29-20-13-9-18(10-14-20)23(27)28-15-21(25)16-7-11-19(12-8-16)24-22(26)17-5-3-2-4-6-17/h2-14H,15H2,1H3,(H,24,26). The molecule has 0 radical (unpaired) electrons. The summed E-state index contributed by atoms with van der Waals surface area (Å²) in [6.07, 6.45) is 1.95. The van der Waals surface area contributed by atoms with Gasteiger partial charge < -0.3 is 10.1 Å². The van der Waals surface area contributed by atoms with Crippen LogP contribution >= 0.6 is 11.8 Å². The summed E-state index contributed by atoms with van der Waals surface area (Å²) in [5.41, 5.74) is 1.91. The van der Waals surface area contributed by atoms with Gasteiger partial charge in [-0.15, -0.1) is 11.8 Å². The van der Waals surface area contributed by atoms with E-state index in [0.717, 1.165) is 4.90 Å². The van der Waals surface area contributed by atoms with Crippen molar-refractivity contribution in [3.05, 3.63) is 95.6 Å². The Morgan fingerprint density at radius 2 is 1.41 bits per heavy atom. The Morgan fingerprint density at radius 3 is 2.03 bits per heavy atom. The van der Waals surface area contributed by atoms with Crippen LogP contribution in [-0.4, -0.2) is 30.5 Å². The minimum Gasteiger partial charge on any atom is -0.454 e. The maximum absolute atomic E-state index is 12.3. The quantitative estimate of drug-likeness (QED) is 0.350. The van der Waals surface area contributed by atoms with Gasteiger partial charge in [0, 0.05) is 21.7 Å². The van der Waals surface area contributed by atoms with Gasteiger partial charge in [-0.3, -0.25) is 9.59 Å². The minimum absolute atomic E-state index is 0.230. The molecule has 29 heavy (non-hydrogen) atoms. The molecular weight excluding hydrogens is 386 g/mol. The second kappa shape index (κ2) is 9.71. The fraction of sp³-hybridized carbons (Fsp3) is 0.0870. The first-order valence-electron chi connectivity index (χ1n) is 8.87. The van der Waals surface area contributed by atoms with Crippen LogP contribution in [0.1, 0.15) is 31.1 Å². The third kappa shape index (κ3) is 5.56. The Balaban J connectivity index is 1.54. The molecule has 0 saturated carbocycles. The van der Waals surface area contributed by atoms with Crippen molar-refractivity contribution < 1.29 is 19.1 Å². The van der Waals surface area contributed by atoms with E-state index in [1.54, 1.807) is 72.4 Å². The zero-order valence-corrected chi connectivity index (χ0v) is 16.6. The van der Waals surface area contributed by atoms with Crippen LogP contribution in [0.3, 0.4) is 0 Å². The van der Waals surface area contributed by atoms with Crippen molar-refractivity contribution in [2.24, 2.45) is 0 Å². The Hall–Kier alpha value is -3.38. The van der Waals surface area contributed by atoms with Crippen molar-refractivity contribution >= 4 is 35.1 Å². The minimum atomic E-state index is -0.544. The van der Waals surface area contributed by atoms with Crippen molar-refractivity contribution in [2.45, 2.75) is 4.90 Å². The van der Waals surface area contributed by atoms with Gasteiger partial charge in [0.25, 0.3) is 5.91 Å². The molecule has 0 spiro atoms. The summed E-state index contributed by atoms with van der Waals surface area (Å²) in [7, 11) is 0. The number of anilines is 1. The molecule has 3 aromatic rings. The highest BCUT2D eigenvalue weighted by Gasteiger charge is 2.12. The summed E-state index contributed by atoms with van der Waals surface area (Å²) in [5.74, 6) is -1.09. The number of ketones is 1. The van der Waals surface area contributed by atoms with Crippen molar-refractivity contribution in [1.29, 1.82) is 0 Å². The Labute approximate surface area is 173 Å². The second-order valence-corrected chi connectivity index (χ2v) is 7.00. The van der Waals surface area contributed by atoms with Crippen molar-refractivity contribution in [2.75, 3.05) is 18.2 Å². The smallest absolute Gasteiger partial charge is 0.338 e. The van der Waals surface area contributed by atoms with Crippen LogP contribution in [-0.2, 0) is 4.74 Å². The predicted octanol–water partition coefficient (Wildman–Crippen LogP) is 4.70. The van der Waals surface area contributed by atoms with Crippen LogP contribution in [0.15, 0.2) is 83.8 Å². The van der Waals surface area contributed by atoms with Gasteiger partial charge in [0.1, 0.15) is 0 Å². The summed E-state index contributed by atoms with van der Waals surface area (Å²) < 4.78 is 5.11. The van der Waals surface area contributed by atoms with Crippen molar-refractivity contribution in [1.82, 2.24) is 0 Å². The molecule has 0 heterocycles. The molecule has 6 heteroatoms. The van der Waals surface area contributed by atoms with Gasteiger partial charge >= 0.3 is 5.97 Å². The molecule has 0 aliphatic carbocycles. The molecule has 0 atom stereocenters. The molecule has 1 N–H and O–H groups in total. The molecule has 0 fully saturated rings. The first-order chi connectivity index (χ1) is 14.1. The maximum Gasteiger partial charge on any atom is 0.338 e. The van der Waals surface area contributed by atoms with E-state index in [2.05, 4.69) is 5.32 Å². The number of hydrogen-bond donors (Lipinski definition) is 1. The van der Waals surface area contributed by atoms with Gasteiger partial charge in [0.2, 0.25) is 0 Å². The summed E-state index contributed by atoms with van der Waals surface area (Å²) in [6, 6.07) is 22.3. The zero-order chi connectivity index (χ0) is 20.6. The molecule has 0 saturated heterocycles. The molecule has 5 nitrogen and oxygen atoms in total. The molecule has 1 amide bonds. The first kappa shape index (κ1) is 20.4. The van der Waals surface area contributed by atoms with E-state index < -0.39 is 5.97 Å². The summed E-state index contributed by atoms with van der Waals surface area (Å²) in [4.78, 5) is 37.5. The van der Waals surface area contributed by atoms with E-state index >= 15 is 0 Å². The molecule has 3 aromatic carbocycles. The fourth-order valence-electron chi connectivity index (χ4n) is 2.56. The van der Waals surface area contributed by atoms with Crippen LogP contribution < -0.4 is 5.32 Å². The maximum atomic E-state index is 12.3. The molecule has 3 rings (SSSR count). The van der Waals surface area contributed by atoms with E-state index in [9.17, 15) is 14.4 Å². The highest BCUT2D eigenvalue weighted by atomic mass is 32.2. The van der Waals surface area contributed by atoms with Gasteiger partial charge in [0.05, 0.1) is 5.56 Å². The number of rotatable bonds is 7. The number of nitrogens with one attached hydrogen (secondary N) is 1. The van der Waals surface area contributed by atoms with Crippen LogP contribution in [0, 0.1) is 0 Å². The van der Waals surface area contributed by atoms with Gasteiger partial charge in [-0.2, -0.15) is 0 Å². The lowest BCUT2D eigenvalue weighted by atomic mass is 10.1. The largest absolute Gasteiger partial charge is 0.454 e. The molecule has 0 aliphatic heterocycles. The zero-order valence-electron chi connectivity index (χ0n) is 15.8. The van der Waals surface area contributed by atoms with Crippen LogP contribution in [0.5, 0.6) is 0 Å². The van der Waals surface area contributed by atoms with Gasteiger partial charge in [-0.25, -0.2) is 4.79 Å². The van der Waals surface area contributed by atoms with Crippen LogP contribution in [0.2, 0.25) is 0 Å². The Kier molecular flexibility index (Phi) is 6.81. The van der Waals surface area contributed by atoms with E-state index in [-0.39, 0.29) is 18.3 Å². The molecule has 0 bridgehead atoms. The molecule has 146 valence electrons. The third-order valence-corrected chi connectivity index (χ3v) is 4.90. The second-order valence-electron chi connectivity index (χ2n) is 6.13. The van der Waals surface area contributed by atoms with Crippen molar-refractivity contribution in [3.63, 3.8) is 0 Å². The highest BCUT2D eigenvalue weighted by Crippen LogP contribution is 2.16. The van der Waals surface area contributed by atoms with E-state index in [1.165, 1.54) is 0 Å². The van der Waals surface area contributed by atoms with E-state index in [0.29, 0.717) is 22.4 Å². The number of ether oxygens (including phenoxy) is 1. The van der Waals surface area contributed by atoms with Gasteiger partial charge in [-0.05, 0) is 66.9 Å². The summed E-state index contributed by atoms with van der Waals surface area (Å²) >= 11 is 1.58. The number of benzene rings is 3. The van der Waals surface area contributed by atoms with Gasteiger partial charge in [-0.1, -0.05) is 18.2 Å². The number of thioether (sulfide) groups is 1. The molecule has 0 aromatic heterocycles. The number of esters is 1. The fourth-order valence-corrected chi connectivity index (χ4v) is 2.97. The third-order valence-electron chi connectivity index (χ3n) is 4.16.